The first-order valence-corrected chi connectivity index (χ1v) is 6.02. The summed E-state index contributed by atoms with van der Waals surface area (Å²) in [6, 6.07) is 6.25. The normalized spacial score (nSPS) is 12.8. The molecule has 0 aromatic heterocycles. The van der Waals surface area contributed by atoms with Crippen molar-refractivity contribution >= 4 is 0 Å². The Morgan fingerprint density at radius 2 is 1.94 bits per heavy atom. The summed E-state index contributed by atoms with van der Waals surface area (Å²) in [6.45, 7) is 7.39. The van der Waals surface area contributed by atoms with E-state index >= 15 is 0 Å². The Morgan fingerprint density at radius 1 is 1.24 bits per heavy atom. The van der Waals surface area contributed by atoms with Crippen LogP contribution in [-0.4, -0.2) is 26.4 Å². The van der Waals surface area contributed by atoms with E-state index in [2.05, 4.69) is 32.0 Å². The van der Waals surface area contributed by atoms with Crippen molar-refractivity contribution in [2.24, 2.45) is 5.73 Å². The molecule has 2 N–H and O–H groups in total. The van der Waals surface area contributed by atoms with Crippen LogP contribution in [0, 0.1) is 6.92 Å². The minimum atomic E-state index is -0.0814. The Hall–Kier alpha value is -1.06. The van der Waals surface area contributed by atoms with E-state index in [1.54, 1.807) is 7.11 Å². The second-order valence-electron chi connectivity index (χ2n) is 4.71. The topological polar surface area (TPSA) is 44.5 Å². The average Bonchev–Trinajstić information content (AvgIpc) is 2.28. The van der Waals surface area contributed by atoms with Crippen molar-refractivity contribution in [1.82, 2.24) is 0 Å². The van der Waals surface area contributed by atoms with E-state index in [4.69, 9.17) is 15.2 Å². The number of ether oxygens (including phenoxy) is 2. The molecule has 0 fully saturated rings. The minimum Gasteiger partial charge on any atom is -0.492 e. The highest BCUT2D eigenvalue weighted by atomic mass is 16.5. The van der Waals surface area contributed by atoms with Crippen LogP contribution in [0.5, 0.6) is 5.75 Å². The average molecular weight is 237 g/mol. The Bertz CT molecular complexity index is 350. The number of nitrogens with two attached hydrogens (primary N) is 1. The van der Waals surface area contributed by atoms with Crippen LogP contribution in [0.2, 0.25) is 0 Å². The molecular weight excluding hydrogens is 214 g/mol. The van der Waals surface area contributed by atoms with E-state index in [1.165, 1.54) is 5.56 Å². The monoisotopic (exact) mass is 237 g/mol. The summed E-state index contributed by atoms with van der Waals surface area (Å²) in [4.78, 5) is 0. The van der Waals surface area contributed by atoms with Gasteiger partial charge in [0.05, 0.1) is 12.6 Å². The molecule has 1 rings (SSSR count). The first-order valence-electron chi connectivity index (χ1n) is 6.02. The van der Waals surface area contributed by atoms with Gasteiger partial charge >= 0.3 is 0 Å². The van der Waals surface area contributed by atoms with Crippen molar-refractivity contribution in [3.05, 3.63) is 29.3 Å². The third-order valence-electron chi connectivity index (χ3n) is 2.71. The van der Waals surface area contributed by atoms with Crippen LogP contribution in [0.3, 0.4) is 0 Å². The Balaban J connectivity index is 2.66. The molecule has 0 aliphatic rings. The van der Waals surface area contributed by atoms with Crippen molar-refractivity contribution in [2.75, 3.05) is 20.3 Å². The number of aryl methyl sites for hydroxylation is 1. The Labute approximate surface area is 104 Å². The van der Waals surface area contributed by atoms with Gasteiger partial charge < -0.3 is 15.2 Å². The molecule has 1 atom stereocenters. The fraction of sp³-hybridized carbons (Fsp3) is 0.571. The van der Waals surface area contributed by atoms with E-state index in [0.717, 1.165) is 11.3 Å². The zero-order chi connectivity index (χ0) is 12.8. The van der Waals surface area contributed by atoms with Gasteiger partial charge in [0.15, 0.2) is 0 Å². The Kier molecular flexibility index (Phi) is 5.45. The number of methoxy groups -OCH3 is 1. The maximum Gasteiger partial charge on any atom is 0.122 e. The van der Waals surface area contributed by atoms with Crippen LogP contribution in [0.4, 0.5) is 0 Å². The third-order valence-corrected chi connectivity index (χ3v) is 2.71. The summed E-state index contributed by atoms with van der Waals surface area (Å²) in [5.41, 5.74) is 8.25. The van der Waals surface area contributed by atoms with Gasteiger partial charge in [0.25, 0.3) is 0 Å². The van der Waals surface area contributed by atoms with Gasteiger partial charge in [-0.05, 0) is 30.0 Å². The van der Waals surface area contributed by atoms with Crippen LogP contribution < -0.4 is 10.5 Å². The van der Waals surface area contributed by atoms with Gasteiger partial charge in [-0.1, -0.05) is 26.0 Å². The van der Waals surface area contributed by atoms with Crippen molar-refractivity contribution in [1.29, 1.82) is 0 Å². The van der Waals surface area contributed by atoms with E-state index in [1.807, 2.05) is 6.92 Å². The minimum absolute atomic E-state index is 0.0814. The molecule has 0 radical (unpaired) electrons. The molecule has 96 valence electrons. The largest absolute Gasteiger partial charge is 0.492 e. The summed E-state index contributed by atoms with van der Waals surface area (Å²) in [6.07, 6.45) is 0. The standard InChI is InChI=1S/C14H23NO2/c1-10(2)12-6-5-11(3)14(7-12)17-9-13(15)8-16-4/h5-7,10,13H,8-9,15H2,1-4H3. The fourth-order valence-corrected chi connectivity index (χ4v) is 1.59. The lowest BCUT2D eigenvalue weighted by Gasteiger charge is -2.15. The molecule has 1 aromatic carbocycles. The highest BCUT2D eigenvalue weighted by Gasteiger charge is 2.07. The van der Waals surface area contributed by atoms with Crippen LogP contribution in [0.15, 0.2) is 18.2 Å². The summed E-state index contributed by atoms with van der Waals surface area (Å²) < 4.78 is 10.7. The zero-order valence-electron chi connectivity index (χ0n) is 11.2. The van der Waals surface area contributed by atoms with Gasteiger partial charge in [0, 0.05) is 7.11 Å². The van der Waals surface area contributed by atoms with E-state index < -0.39 is 0 Å². The number of hydrogen-bond donors (Lipinski definition) is 1. The van der Waals surface area contributed by atoms with Crippen LogP contribution in [0.1, 0.15) is 30.9 Å². The molecule has 0 heterocycles. The van der Waals surface area contributed by atoms with Gasteiger partial charge in [-0.3, -0.25) is 0 Å². The maximum absolute atomic E-state index is 5.83. The lowest BCUT2D eigenvalue weighted by Crippen LogP contribution is -2.32. The SMILES string of the molecule is COCC(N)COc1cc(C(C)C)ccc1C. The van der Waals surface area contributed by atoms with E-state index in [0.29, 0.717) is 19.1 Å². The van der Waals surface area contributed by atoms with Gasteiger partial charge in [0.2, 0.25) is 0 Å². The van der Waals surface area contributed by atoms with Gasteiger partial charge in [-0.15, -0.1) is 0 Å². The number of rotatable bonds is 6. The molecule has 17 heavy (non-hydrogen) atoms. The molecule has 0 amide bonds. The van der Waals surface area contributed by atoms with Crippen molar-refractivity contribution in [3.63, 3.8) is 0 Å². The van der Waals surface area contributed by atoms with Gasteiger partial charge in [0.1, 0.15) is 12.4 Å². The van der Waals surface area contributed by atoms with E-state index in [-0.39, 0.29) is 6.04 Å². The van der Waals surface area contributed by atoms with Gasteiger partial charge in [-0.2, -0.15) is 0 Å². The fourth-order valence-electron chi connectivity index (χ4n) is 1.59. The molecular formula is C14H23NO2. The zero-order valence-corrected chi connectivity index (χ0v) is 11.2. The van der Waals surface area contributed by atoms with Crippen LogP contribution in [-0.2, 0) is 4.74 Å². The van der Waals surface area contributed by atoms with Crippen molar-refractivity contribution in [2.45, 2.75) is 32.7 Å². The number of benzene rings is 1. The molecule has 0 saturated heterocycles. The smallest absolute Gasteiger partial charge is 0.122 e. The van der Waals surface area contributed by atoms with Crippen LogP contribution >= 0.6 is 0 Å². The third kappa shape index (κ3) is 4.36. The quantitative estimate of drug-likeness (QED) is 0.826. The lowest BCUT2D eigenvalue weighted by molar-refractivity contribution is 0.152. The molecule has 1 unspecified atom stereocenters. The lowest BCUT2D eigenvalue weighted by atomic mass is 10.0. The second-order valence-corrected chi connectivity index (χ2v) is 4.71. The highest BCUT2D eigenvalue weighted by Crippen LogP contribution is 2.24. The first-order chi connectivity index (χ1) is 8.04. The van der Waals surface area contributed by atoms with Gasteiger partial charge in [-0.25, -0.2) is 0 Å². The number of hydrogen-bond acceptors (Lipinski definition) is 3. The summed E-state index contributed by atoms with van der Waals surface area (Å²) in [5, 5.41) is 0. The highest BCUT2D eigenvalue weighted by molar-refractivity contribution is 5.37. The molecule has 3 nitrogen and oxygen atoms in total. The second kappa shape index (κ2) is 6.62. The summed E-state index contributed by atoms with van der Waals surface area (Å²) in [7, 11) is 1.64. The van der Waals surface area contributed by atoms with E-state index in [9.17, 15) is 0 Å². The maximum atomic E-state index is 5.83. The Morgan fingerprint density at radius 3 is 2.53 bits per heavy atom. The molecule has 0 bridgehead atoms. The summed E-state index contributed by atoms with van der Waals surface area (Å²) >= 11 is 0. The molecule has 3 heteroatoms. The predicted octanol–water partition coefficient (Wildman–Crippen LogP) is 2.47. The molecule has 0 saturated carbocycles. The molecule has 0 aliphatic carbocycles. The molecule has 1 aromatic rings. The summed E-state index contributed by atoms with van der Waals surface area (Å²) in [5.74, 6) is 1.42. The van der Waals surface area contributed by atoms with Crippen molar-refractivity contribution in [3.8, 4) is 5.75 Å². The van der Waals surface area contributed by atoms with Crippen molar-refractivity contribution < 1.29 is 9.47 Å². The van der Waals surface area contributed by atoms with Crippen LogP contribution in [0.25, 0.3) is 0 Å². The predicted molar refractivity (Wildman–Crippen MR) is 70.6 cm³/mol. The first kappa shape index (κ1) is 14.0. The molecule has 0 spiro atoms. The molecule has 0 aliphatic heterocycles.